The van der Waals surface area contributed by atoms with Crippen LogP contribution in [0, 0.1) is 0 Å². The topological polar surface area (TPSA) is 81.9 Å². The zero-order valence-corrected chi connectivity index (χ0v) is 15.9. The number of rotatable bonds is 6. The molecular weight excluding hydrogens is 360 g/mol. The van der Waals surface area contributed by atoms with Gasteiger partial charge in [0.05, 0.1) is 24.8 Å². The van der Waals surface area contributed by atoms with Crippen LogP contribution in [-0.2, 0) is 9.53 Å². The molecule has 0 fully saturated rings. The zero-order valence-electron chi connectivity index (χ0n) is 15.1. The highest BCUT2D eigenvalue weighted by atomic mass is 35.5. The smallest absolute Gasteiger partial charge is 0.344 e. The van der Waals surface area contributed by atoms with Gasteiger partial charge in [-0.1, -0.05) is 28.9 Å². The van der Waals surface area contributed by atoms with Gasteiger partial charge in [-0.15, -0.1) is 0 Å². The van der Waals surface area contributed by atoms with E-state index in [-0.39, 0.29) is 33.4 Å². The number of benzene rings is 1. The Balaban J connectivity index is 2.77. The van der Waals surface area contributed by atoms with Crippen LogP contribution in [0.3, 0.4) is 0 Å². The second-order valence-corrected chi connectivity index (χ2v) is 5.99. The molecule has 138 valence electrons. The van der Waals surface area contributed by atoms with Crippen LogP contribution < -0.4 is 4.74 Å². The molecule has 0 aliphatic heterocycles. The summed E-state index contributed by atoms with van der Waals surface area (Å²) in [5.41, 5.74) is 0.801. The summed E-state index contributed by atoms with van der Waals surface area (Å²) in [4.78, 5) is 26.2. The Morgan fingerprint density at radius 2 is 1.96 bits per heavy atom. The van der Waals surface area contributed by atoms with Crippen LogP contribution in [0.4, 0.5) is 0 Å². The summed E-state index contributed by atoms with van der Waals surface area (Å²) in [5.74, 6) is -0.545. The summed E-state index contributed by atoms with van der Waals surface area (Å²) < 4.78 is 15.4. The highest BCUT2D eigenvalue weighted by Crippen LogP contribution is 2.38. The van der Waals surface area contributed by atoms with Crippen LogP contribution in [0.15, 0.2) is 28.9 Å². The molecule has 0 aliphatic rings. The molecule has 0 radical (unpaired) electrons. The van der Waals surface area contributed by atoms with Crippen LogP contribution in [0.1, 0.15) is 23.0 Å². The Hall–Kier alpha value is -2.80. The Bertz CT molecular complexity index is 870. The fraction of sp³-hybridized carbons (Fsp3) is 0.278. The minimum absolute atomic E-state index is 0.0194. The second-order valence-electron chi connectivity index (χ2n) is 5.61. The number of nitrogens with zero attached hydrogens (tertiary/aromatic N) is 2. The van der Waals surface area contributed by atoms with Gasteiger partial charge in [0.25, 0.3) is 0 Å². The lowest BCUT2D eigenvalue weighted by Gasteiger charge is -2.09. The number of esters is 1. The maximum absolute atomic E-state index is 12.4. The van der Waals surface area contributed by atoms with Crippen molar-refractivity contribution in [2.75, 3.05) is 28.3 Å². The van der Waals surface area contributed by atoms with Gasteiger partial charge in [0, 0.05) is 25.9 Å². The Kier molecular flexibility index (Phi) is 6.05. The van der Waals surface area contributed by atoms with Crippen LogP contribution >= 0.6 is 11.6 Å². The van der Waals surface area contributed by atoms with E-state index in [2.05, 4.69) is 5.16 Å². The molecule has 8 heteroatoms. The average Bonchev–Trinajstić information content (AvgIpc) is 3.03. The number of carbonyl (C=O) groups is 2. The number of ketones is 1. The molecule has 0 N–H and O–H groups in total. The number of methoxy groups -OCH3 is 2. The largest absolute Gasteiger partial charge is 0.495 e. The minimum atomic E-state index is -0.693. The third kappa shape index (κ3) is 3.72. The normalized spacial score (nSPS) is 11.2. The molecule has 0 amide bonds. The number of aromatic nitrogens is 1. The lowest BCUT2D eigenvalue weighted by Crippen LogP contribution is -2.10. The monoisotopic (exact) mass is 378 g/mol. The van der Waals surface area contributed by atoms with Gasteiger partial charge in [0.1, 0.15) is 17.0 Å². The predicted octanol–water partition coefficient (Wildman–Crippen LogP) is 3.28. The number of allylic oxidation sites excluding steroid dienone is 1. The molecule has 26 heavy (non-hydrogen) atoms. The maximum atomic E-state index is 12.4. The van der Waals surface area contributed by atoms with E-state index in [1.165, 1.54) is 21.1 Å². The molecule has 1 aromatic heterocycles. The molecule has 2 aromatic rings. The van der Waals surface area contributed by atoms with E-state index in [1.54, 1.807) is 43.4 Å². The Morgan fingerprint density at radius 1 is 1.27 bits per heavy atom. The zero-order chi connectivity index (χ0) is 19.4. The van der Waals surface area contributed by atoms with Crippen molar-refractivity contribution in [3.05, 3.63) is 40.7 Å². The van der Waals surface area contributed by atoms with Gasteiger partial charge >= 0.3 is 5.97 Å². The first-order valence-electron chi connectivity index (χ1n) is 7.62. The Morgan fingerprint density at radius 3 is 2.50 bits per heavy atom. The molecule has 0 atom stereocenters. The van der Waals surface area contributed by atoms with Gasteiger partial charge in [-0.3, -0.25) is 4.79 Å². The van der Waals surface area contributed by atoms with E-state index in [0.29, 0.717) is 11.3 Å². The van der Waals surface area contributed by atoms with Gasteiger partial charge in [-0.25, -0.2) is 4.79 Å². The van der Waals surface area contributed by atoms with Crippen molar-refractivity contribution in [2.24, 2.45) is 0 Å². The molecule has 0 saturated carbocycles. The summed E-state index contributed by atoms with van der Waals surface area (Å²) in [6.45, 7) is 1.37. The third-order valence-electron chi connectivity index (χ3n) is 3.53. The predicted molar refractivity (Wildman–Crippen MR) is 97.2 cm³/mol. The van der Waals surface area contributed by atoms with Crippen molar-refractivity contribution >= 4 is 28.9 Å². The van der Waals surface area contributed by atoms with E-state index in [9.17, 15) is 9.59 Å². The summed E-state index contributed by atoms with van der Waals surface area (Å²) >= 11 is 6.35. The van der Waals surface area contributed by atoms with Crippen molar-refractivity contribution in [1.29, 1.82) is 0 Å². The van der Waals surface area contributed by atoms with Crippen molar-refractivity contribution in [1.82, 2.24) is 10.1 Å². The van der Waals surface area contributed by atoms with Crippen LogP contribution in [0.5, 0.6) is 5.75 Å². The number of halogens is 1. The fourth-order valence-corrected chi connectivity index (χ4v) is 2.66. The first-order valence-corrected chi connectivity index (χ1v) is 8.00. The van der Waals surface area contributed by atoms with Crippen LogP contribution in [-0.4, -0.2) is 50.1 Å². The van der Waals surface area contributed by atoms with Crippen LogP contribution in [0.25, 0.3) is 16.8 Å². The molecule has 0 spiro atoms. The highest BCUT2D eigenvalue weighted by Gasteiger charge is 2.30. The molecule has 0 bridgehead atoms. The first-order chi connectivity index (χ1) is 12.3. The standard InChI is InChI=1S/C18H19ClN2O5/c1-10(22)12(9-21(2)3)17-14(18(23)25-5)16(20-26-17)11-7-6-8-13(24-4)15(11)19/h6-9H,1-5H3/b12-9+. The quantitative estimate of drug-likeness (QED) is 0.563. The molecule has 0 aliphatic carbocycles. The van der Waals surface area contributed by atoms with E-state index in [0.717, 1.165) is 0 Å². The molecule has 7 nitrogen and oxygen atoms in total. The van der Waals surface area contributed by atoms with Gasteiger partial charge < -0.3 is 18.9 Å². The van der Waals surface area contributed by atoms with Gasteiger partial charge in [-0.2, -0.15) is 0 Å². The summed E-state index contributed by atoms with van der Waals surface area (Å²) in [6.07, 6.45) is 1.55. The lowest BCUT2D eigenvalue weighted by atomic mass is 10.0. The van der Waals surface area contributed by atoms with Crippen molar-refractivity contribution in [3.63, 3.8) is 0 Å². The number of Topliss-reactive ketones (excluding diaryl/α,β-unsaturated/α-hetero) is 1. The van der Waals surface area contributed by atoms with E-state index in [1.807, 2.05) is 0 Å². The molecule has 2 rings (SSSR count). The first kappa shape index (κ1) is 19.5. The number of carbonyl (C=O) groups excluding carboxylic acids is 2. The molecule has 0 unspecified atom stereocenters. The van der Waals surface area contributed by atoms with E-state index in [4.69, 9.17) is 25.6 Å². The number of hydrogen-bond donors (Lipinski definition) is 0. The van der Waals surface area contributed by atoms with Crippen molar-refractivity contribution in [2.45, 2.75) is 6.92 Å². The van der Waals surface area contributed by atoms with Gasteiger partial charge in [0.2, 0.25) is 0 Å². The SMILES string of the molecule is COC(=O)c1c(-c2cccc(OC)c2Cl)noc1/C(=C/N(C)C)C(C)=O. The van der Waals surface area contributed by atoms with Crippen LogP contribution in [0.2, 0.25) is 5.02 Å². The van der Waals surface area contributed by atoms with Gasteiger partial charge in [0.15, 0.2) is 11.5 Å². The third-order valence-corrected chi connectivity index (χ3v) is 3.92. The summed E-state index contributed by atoms with van der Waals surface area (Å²) in [7, 11) is 6.21. The van der Waals surface area contributed by atoms with Crippen molar-refractivity contribution < 1.29 is 23.6 Å². The number of ether oxygens (including phenoxy) is 2. The molecule has 1 heterocycles. The Labute approximate surface area is 156 Å². The lowest BCUT2D eigenvalue weighted by molar-refractivity contribution is -0.111. The van der Waals surface area contributed by atoms with Crippen molar-refractivity contribution in [3.8, 4) is 17.0 Å². The second kappa shape index (κ2) is 8.05. The minimum Gasteiger partial charge on any atom is -0.495 e. The molecule has 0 saturated heterocycles. The highest BCUT2D eigenvalue weighted by molar-refractivity contribution is 6.35. The summed E-state index contributed by atoms with van der Waals surface area (Å²) in [5, 5.41) is 4.24. The van der Waals surface area contributed by atoms with E-state index < -0.39 is 5.97 Å². The molecule has 1 aromatic carbocycles. The maximum Gasteiger partial charge on any atom is 0.344 e. The summed E-state index contributed by atoms with van der Waals surface area (Å²) in [6, 6.07) is 5.05. The van der Waals surface area contributed by atoms with E-state index >= 15 is 0 Å². The van der Waals surface area contributed by atoms with Gasteiger partial charge in [-0.05, 0) is 13.0 Å². The molecular formula is C18H19ClN2O5. The average molecular weight is 379 g/mol. The number of hydrogen-bond acceptors (Lipinski definition) is 7. The fourth-order valence-electron chi connectivity index (χ4n) is 2.37.